The van der Waals surface area contributed by atoms with Crippen molar-refractivity contribution >= 4 is 21.7 Å². The van der Waals surface area contributed by atoms with Gasteiger partial charge in [-0.15, -0.1) is 11.8 Å². The van der Waals surface area contributed by atoms with Gasteiger partial charge in [0.25, 0.3) is 0 Å². The molecule has 0 aliphatic heterocycles. The van der Waals surface area contributed by atoms with Crippen molar-refractivity contribution < 1.29 is 18.0 Å². The molecule has 1 aromatic rings. The number of hydrogen-bond donors (Lipinski definition) is 0. The van der Waals surface area contributed by atoms with Crippen LogP contribution in [0.5, 0.6) is 0 Å². The van der Waals surface area contributed by atoms with E-state index in [0.29, 0.717) is 4.47 Å². The zero-order valence-corrected chi connectivity index (χ0v) is 11.2. The molecule has 0 atom stereocenters. The van der Waals surface area contributed by atoms with Crippen molar-refractivity contribution in [3.8, 4) is 11.8 Å². The first-order valence-corrected chi connectivity index (χ1v) is 5.95. The second-order valence-corrected chi connectivity index (χ2v) is 4.45. The van der Waals surface area contributed by atoms with Crippen molar-refractivity contribution in [3.05, 3.63) is 33.8 Å². The van der Waals surface area contributed by atoms with E-state index in [4.69, 9.17) is 0 Å². The molecule has 0 bridgehead atoms. The highest BCUT2D eigenvalue weighted by Crippen LogP contribution is 2.34. The molecule has 0 saturated heterocycles. The number of alkyl halides is 3. The van der Waals surface area contributed by atoms with Gasteiger partial charge in [0.05, 0.1) is 5.56 Å². The SMILES string of the molecule is CC#CCCC(=O)c1ccc(Br)cc1C(F)(F)F. The summed E-state index contributed by atoms with van der Waals surface area (Å²) in [6.07, 6.45) is -4.28. The van der Waals surface area contributed by atoms with Crippen molar-refractivity contribution in [2.75, 3.05) is 0 Å². The van der Waals surface area contributed by atoms with E-state index in [1.54, 1.807) is 6.92 Å². The molecular formula is C13H10BrF3O. The average Bonchev–Trinajstić information content (AvgIpc) is 2.28. The maximum Gasteiger partial charge on any atom is 0.417 e. The third-order valence-corrected chi connectivity index (χ3v) is 2.73. The Morgan fingerprint density at radius 1 is 1.39 bits per heavy atom. The van der Waals surface area contributed by atoms with Gasteiger partial charge in [0.15, 0.2) is 5.78 Å². The summed E-state index contributed by atoms with van der Waals surface area (Å²) in [5, 5.41) is 0. The third kappa shape index (κ3) is 3.88. The largest absolute Gasteiger partial charge is 0.417 e. The first-order valence-electron chi connectivity index (χ1n) is 5.16. The molecule has 0 heterocycles. The molecule has 96 valence electrons. The summed E-state index contributed by atoms with van der Waals surface area (Å²) in [4.78, 5) is 11.7. The first kappa shape index (κ1) is 14.8. The number of benzene rings is 1. The van der Waals surface area contributed by atoms with Gasteiger partial charge in [-0.3, -0.25) is 4.79 Å². The zero-order chi connectivity index (χ0) is 13.8. The summed E-state index contributed by atoms with van der Waals surface area (Å²) in [5.74, 6) is 4.71. The molecule has 0 N–H and O–H groups in total. The van der Waals surface area contributed by atoms with Crippen LogP contribution in [0.4, 0.5) is 13.2 Å². The van der Waals surface area contributed by atoms with Gasteiger partial charge >= 0.3 is 6.18 Å². The molecule has 5 heteroatoms. The van der Waals surface area contributed by atoms with Crippen LogP contribution in [0.15, 0.2) is 22.7 Å². The van der Waals surface area contributed by atoms with Crippen LogP contribution in [0.2, 0.25) is 0 Å². The smallest absolute Gasteiger partial charge is 0.294 e. The van der Waals surface area contributed by atoms with Crippen molar-refractivity contribution in [2.45, 2.75) is 25.9 Å². The molecule has 1 nitrogen and oxygen atoms in total. The minimum atomic E-state index is -4.54. The van der Waals surface area contributed by atoms with E-state index in [1.807, 2.05) is 0 Å². The molecule has 1 rings (SSSR count). The maximum absolute atomic E-state index is 12.8. The normalized spacial score (nSPS) is 10.7. The second kappa shape index (κ2) is 6.05. The molecule has 0 unspecified atom stereocenters. The number of carbonyl (C=O) groups is 1. The topological polar surface area (TPSA) is 17.1 Å². The van der Waals surface area contributed by atoms with Crippen molar-refractivity contribution in [1.29, 1.82) is 0 Å². The highest BCUT2D eigenvalue weighted by atomic mass is 79.9. The molecule has 18 heavy (non-hydrogen) atoms. The minimum absolute atomic E-state index is 0.00838. The Morgan fingerprint density at radius 3 is 2.61 bits per heavy atom. The molecule has 0 aromatic heterocycles. The average molecular weight is 319 g/mol. The lowest BCUT2D eigenvalue weighted by atomic mass is 10.0. The molecule has 0 amide bonds. The third-order valence-electron chi connectivity index (χ3n) is 2.24. The van der Waals surface area contributed by atoms with E-state index in [1.165, 1.54) is 12.1 Å². The van der Waals surface area contributed by atoms with Crippen LogP contribution < -0.4 is 0 Å². The lowest BCUT2D eigenvalue weighted by molar-refractivity contribution is -0.138. The number of carbonyl (C=O) groups excluding carboxylic acids is 1. The van der Waals surface area contributed by atoms with Gasteiger partial charge < -0.3 is 0 Å². The van der Waals surface area contributed by atoms with Crippen molar-refractivity contribution in [2.24, 2.45) is 0 Å². The fraction of sp³-hybridized carbons (Fsp3) is 0.308. The van der Waals surface area contributed by atoms with E-state index >= 15 is 0 Å². The highest BCUT2D eigenvalue weighted by molar-refractivity contribution is 9.10. The van der Waals surface area contributed by atoms with E-state index in [9.17, 15) is 18.0 Å². The molecule has 0 saturated carbocycles. The van der Waals surface area contributed by atoms with Crippen LogP contribution in [0.25, 0.3) is 0 Å². The molecule has 1 aromatic carbocycles. The van der Waals surface area contributed by atoms with E-state index in [-0.39, 0.29) is 18.4 Å². The summed E-state index contributed by atoms with van der Waals surface area (Å²) >= 11 is 2.97. The van der Waals surface area contributed by atoms with E-state index < -0.39 is 17.5 Å². The van der Waals surface area contributed by atoms with Gasteiger partial charge in [-0.1, -0.05) is 15.9 Å². The standard InChI is InChI=1S/C13H10BrF3O/c1-2-3-4-5-12(18)10-7-6-9(14)8-11(10)13(15,16)17/h6-8H,4-5H2,1H3. The van der Waals surface area contributed by atoms with Gasteiger partial charge in [-0.2, -0.15) is 13.2 Å². The molecule has 0 aliphatic carbocycles. The van der Waals surface area contributed by atoms with Crippen LogP contribution >= 0.6 is 15.9 Å². The summed E-state index contributed by atoms with van der Waals surface area (Å²) in [6.45, 7) is 1.62. The Kier molecular flexibility index (Phi) is 4.97. The van der Waals surface area contributed by atoms with Crippen LogP contribution in [-0.4, -0.2) is 5.78 Å². The lowest BCUT2D eigenvalue weighted by Gasteiger charge is -2.12. The fourth-order valence-electron chi connectivity index (χ4n) is 1.43. The summed E-state index contributed by atoms with van der Waals surface area (Å²) in [7, 11) is 0. The number of ketones is 1. The van der Waals surface area contributed by atoms with E-state index in [2.05, 4.69) is 27.8 Å². The Balaban J connectivity index is 3.07. The molecule has 0 radical (unpaired) electrons. The zero-order valence-electron chi connectivity index (χ0n) is 9.57. The number of halogens is 4. The Labute approximate surface area is 112 Å². The predicted molar refractivity (Wildman–Crippen MR) is 66.2 cm³/mol. The quantitative estimate of drug-likeness (QED) is 0.594. The van der Waals surface area contributed by atoms with Gasteiger partial charge in [-0.25, -0.2) is 0 Å². The van der Waals surface area contributed by atoms with E-state index in [0.717, 1.165) is 6.07 Å². The highest BCUT2D eigenvalue weighted by Gasteiger charge is 2.35. The fourth-order valence-corrected chi connectivity index (χ4v) is 1.79. The Bertz CT molecular complexity index is 509. The summed E-state index contributed by atoms with van der Waals surface area (Å²) in [6, 6.07) is 3.53. The predicted octanol–water partition coefficient (Wildman–Crippen LogP) is 4.45. The van der Waals surface area contributed by atoms with Gasteiger partial charge in [0.2, 0.25) is 0 Å². The number of rotatable bonds is 3. The minimum Gasteiger partial charge on any atom is -0.294 e. The lowest BCUT2D eigenvalue weighted by Crippen LogP contribution is -2.13. The van der Waals surface area contributed by atoms with Crippen LogP contribution in [-0.2, 0) is 6.18 Å². The first-order chi connectivity index (χ1) is 8.36. The monoisotopic (exact) mass is 318 g/mol. The molecule has 0 fully saturated rings. The summed E-state index contributed by atoms with van der Waals surface area (Å²) < 4.78 is 38.6. The van der Waals surface area contributed by atoms with Gasteiger partial charge in [0.1, 0.15) is 0 Å². The maximum atomic E-state index is 12.8. The van der Waals surface area contributed by atoms with Gasteiger partial charge in [-0.05, 0) is 25.1 Å². The molecular weight excluding hydrogens is 309 g/mol. The van der Waals surface area contributed by atoms with Crippen molar-refractivity contribution in [1.82, 2.24) is 0 Å². The number of Topliss-reactive ketones (excluding diaryl/α,β-unsaturated/α-hetero) is 1. The van der Waals surface area contributed by atoms with Crippen LogP contribution in [0, 0.1) is 11.8 Å². The summed E-state index contributed by atoms with van der Waals surface area (Å²) in [5.41, 5.74) is -1.21. The number of hydrogen-bond acceptors (Lipinski definition) is 1. The Hall–Kier alpha value is -1.28. The van der Waals surface area contributed by atoms with Crippen molar-refractivity contribution in [3.63, 3.8) is 0 Å². The molecule has 0 aliphatic rings. The second-order valence-electron chi connectivity index (χ2n) is 3.54. The van der Waals surface area contributed by atoms with Crippen LogP contribution in [0.1, 0.15) is 35.7 Å². The van der Waals surface area contributed by atoms with Crippen LogP contribution in [0.3, 0.4) is 0 Å². The molecule has 0 spiro atoms. The Morgan fingerprint density at radius 2 is 2.06 bits per heavy atom. The van der Waals surface area contributed by atoms with Gasteiger partial charge in [0, 0.05) is 22.9 Å².